The summed E-state index contributed by atoms with van der Waals surface area (Å²) in [6.45, 7) is 1.90. The SMILES string of the molecule is Cc1c(C(=O)CC#N)c2cc(Br)ccc2n1C. The number of nitriles is 1. The van der Waals surface area contributed by atoms with Crippen LogP contribution in [-0.4, -0.2) is 10.4 Å². The minimum Gasteiger partial charge on any atom is -0.347 e. The lowest BCUT2D eigenvalue weighted by Gasteiger charge is -1.98. The zero-order valence-corrected chi connectivity index (χ0v) is 11.2. The van der Waals surface area contributed by atoms with Crippen LogP contribution < -0.4 is 0 Å². The number of rotatable bonds is 2. The molecule has 0 aliphatic rings. The van der Waals surface area contributed by atoms with Gasteiger partial charge in [0.25, 0.3) is 0 Å². The number of nitrogens with zero attached hydrogens (tertiary/aromatic N) is 2. The van der Waals surface area contributed by atoms with Crippen LogP contribution in [-0.2, 0) is 7.05 Å². The monoisotopic (exact) mass is 290 g/mol. The first-order chi connectivity index (χ1) is 8.06. The molecule has 0 radical (unpaired) electrons. The lowest BCUT2D eigenvalue weighted by atomic mass is 10.1. The molecule has 0 N–H and O–H groups in total. The van der Waals surface area contributed by atoms with Gasteiger partial charge in [0, 0.05) is 33.7 Å². The first-order valence-electron chi connectivity index (χ1n) is 5.21. The zero-order valence-electron chi connectivity index (χ0n) is 9.62. The standard InChI is InChI=1S/C13H11BrN2O/c1-8-13(12(17)5-6-15)10-7-9(14)3-4-11(10)16(8)2/h3-4,7H,5H2,1-2H3. The van der Waals surface area contributed by atoms with Crippen LogP contribution in [0, 0.1) is 18.3 Å². The number of ketones is 1. The molecule has 0 aliphatic carbocycles. The molecule has 0 atom stereocenters. The molecule has 0 saturated heterocycles. The number of hydrogen-bond donors (Lipinski definition) is 0. The summed E-state index contributed by atoms with van der Waals surface area (Å²) in [7, 11) is 1.93. The Bertz CT molecular complexity index is 649. The number of Topliss-reactive ketones (excluding diaryl/α,β-unsaturated/α-hetero) is 1. The van der Waals surface area contributed by atoms with Crippen molar-refractivity contribution in [2.75, 3.05) is 0 Å². The number of aromatic nitrogens is 1. The molecule has 1 heterocycles. The van der Waals surface area contributed by atoms with E-state index in [9.17, 15) is 4.79 Å². The lowest BCUT2D eigenvalue weighted by Crippen LogP contribution is -2.00. The summed E-state index contributed by atoms with van der Waals surface area (Å²) >= 11 is 3.40. The first-order valence-corrected chi connectivity index (χ1v) is 6.00. The average molecular weight is 291 g/mol. The number of carbonyl (C=O) groups excluding carboxylic acids is 1. The van der Waals surface area contributed by atoms with E-state index < -0.39 is 0 Å². The number of carbonyl (C=O) groups is 1. The van der Waals surface area contributed by atoms with E-state index in [1.54, 1.807) is 0 Å². The van der Waals surface area contributed by atoms with Gasteiger partial charge in [0.1, 0.15) is 0 Å². The van der Waals surface area contributed by atoms with Gasteiger partial charge >= 0.3 is 0 Å². The summed E-state index contributed by atoms with van der Waals surface area (Å²) in [6.07, 6.45) is -0.0769. The average Bonchev–Trinajstić information content (AvgIpc) is 2.51. The van der Waals surface area contributed by atoms with Crippen LogP contribution in [0.15, 0.2) is 22.7 Å². The van der Waals surface area contributed by atoms with Gasteiger partial charge in [-0.2, -0.15) is 5.26 Å². The Morgan fingerprint density at radius 2 is 2.24 bits per heavy atom. The van der Waals surface area contributed by atoms with Crippen LogP contribution in [0.4, 0.5) is 0 Å². The maximum Gasteiger partial charge on any atom is 0.179 e. The summed E-state index contributed by atoms with van der Waals surface area (Å²) in [5, 5.41) is 9.54. The molecular formula is C13H11BrN2O. The highest BCUT2D eigenvalue weighted by molar-refractivity contribution is 9.10. The molecule has 0 fully saturated rings. The molecular weight excluding hydrogens is 280 g/mol. The number of halogens is 1. The van der Waals surface area contributed by atoms with Gasteiger partial charge in [-0.1, -0.05) is 15.9 Å². The van der Waals surface area contributed by atoms with Crippen LogP contribution in [0.3, 0.4) is 0 Å². The third-order valence-corrected chi connectivity index (χ3v) is 3.47. The van der Waals surface area contributed by atoms with E-state index in [1.165, 1.54) is 0 Å². The van der Waals surface area contributed by atoms with Gasteiger partial charge in [-0.3, -0.25) is 4.79 Å². The maximum absolute atomic E-state index is 12.0. The van der Waals surface area contributed by atoms with E-state index in [0.29, 0.717) is 5.56 Å². The van der Waals surface area contributed by atoms with Gasteiger partial charge in [-0.25, -0.2) is 0 Å². The molecule has 0 bridgehead atoms. The second-order valence-corrected chi connectivity index (χ2v) is 4.85. The van der Waals surface area contributed by atoms with E-state index in [1.807, 2.05) is 42.8 Å². The topological polar surface area (TPSA) is 45.8 Å². The van der Waals surface area contributed by atoms with Crippen molar-refractivity contribution in [3.8, 4) is 6.07 Å². The second kappa shape index (κ2) is 4.34. The van der Waals surface area contributed by atoms with Crippen LogP contribution in [0.5, 0.6) is 0 Å². The molecule has 0 spiro atoms. The van der Waals surface area contributed by atoms with Crippen molar-refractivity contribution in [1.82, 2.24) is 4.57 Å². The fourth-order valence-corrected chi connectivity index (χ4v) is 2.42. The van der Waals surface area contributed by atoms with Crippen LogP contribution >= 0.6 is 15.9 Å². The summed E-state index contributed by atoms with van der Waals surface area (Å²) in [6, 6.07) is 7.75. The highest BCUT2D eigenvalue weighted by atomic mass is 79.9. The third-order valence-electron chi connectivity index (χ3n) is 2.97. The number of fused-ring (bicyclic) bond motifs is 1. The zero-order chi connectivity index (χ0) is 12.6. The van der Waals surface area contributed by atoms with Crippen molar-refractivity contribution < 1.29 is 4.79 Å². The largest absolute Gasteiger partial charge is 0.347 e. The minimum atomic E-state index is -0.117. The lowest BCUT2D eigenvalue weighted by molar-refractivity contribution is 0.0998. The van der Waals surface area contributed by atoms with Crippen molar-refractivity contribution >= 4 is 32.6 Å². The van der Waals surface area contributed by atoms with E-state index in [2.05, 4.69) is 15.9 Å². The quantitative estimate of drug-likeness (QED) is 0.796. The molecule has 17 heavy (non-hydrogen) atoms. The minimum absolute atomic E-state index is 0.0769. The molecule has 0 amide bonds. The van der Waals surface area contributed by atoms with Crippen molar-refractivity contribution in [3.63, 3.8) is 0 Å². The summed E-state index contributed by atoms with van der Waals surface area (Å²) in [4.78, 5) is 12.0. The molecule has 1 aromatic carbocycles. The normalized spacial score (nSPS) is 10.5. The van der Waals surface area contributed by atoms with Crippen molar-refractivity contribution in [2.45, 2.75) is 13.3 Å². The molecule has 0 saturated carbocycles. The fraction of sp³-hybridized carbons (Fsp3) is 0.231. The molecule has 1 aromatic heterocycles. The summed E-state index contributed by atoms with van der Waals surface area (Å²) in [5.74, 6) is -0.117. The second-order valence-electron chi connectivity index (χ2n) is 3.94. The smallest absolute Gasteiger partial charge is 0.179 e. The summed E-state index contributed by atoms with van der Waals surface area (Å²) in [5.41, 5.74) is 2.57. The summed E-state index contributed by atoms with van der Waals surface area (Å²) < 4.78 is 2.91. The van der Waals surface area contributed by atoms with Gasteiger partial charge < -0.3 is 4.57 Å². The molecule has 2 aromatic rings. The molecule has 0 unspecified atom stereocenters. The first kappa shape index (κ1) is 11.9. The maximum atomic E-state index is 12.0. The van der Waals surface area contributed by atoms with Gasteiger partial charge in [0.2, 0.25) is 0 Å². The Hall–Kier alpha value is -1.60. The number of hydrogen-bond acceptors (Lipinski definition) is 2. The van der Waals surface area contributed by atoms with Crippen LogP contribution in [0.2, 0.25) is 0 Å². The number of aryl methyl sites for hydroxylation is 1. The Morgan fingerprint density at radius 3 is 2.88 bits per heavy atom. The Kier molecular flexibility index (Phi) is 3.03. The van der Waals surface area contributed by atoms with Crippen molar-refractivity contribution in [1.29, 1.82) is 5.26 Å². The van der Waals surface area contributed by atoms with Gasteiger partial charge in [-0.15, -0.1) is 0 Å². The number of benzene rings is 1. The molecule has 86 valence electrons. The van der Waals surface area contributed by atoms with Gasteiger partial charge in [0.15, 0.2) is 5.78 Å². The van der Waals surface area contributed by atoms with Gasteiger partial charge in [0.05, 0.1) is 12.5 Å². The fourth-order valence-electron chi connectivity index (χ4n) is 2.06. The Balaban J connectivity index is 2.78. The van der Waals surface area contributed by atoms with Crippen molar-refractivity contribution in [3.05, 3.63) is 33.9 Å². The predicted molar refractivity (Wildman–Crippen MR) is 69.9 cm³/mol. The molecule has 3 nitrogen and oxygen atoms in total. The van der Waals surface area contributed by atoms with E-state index >= 15 is 0 Å². The van der Waals surface area contributed by atoms with Gasteiger partial charge in [-0.05, 0) is 25.1 Å². The van der Waals surface area contributed by atoms with E-state index in [4.69, 9.17) is 5.26 Å². The third kappa shape index (κ3) is 1.87. The highest BCUT2D eigenvalue weighted by Gasteiger charge is 2.18. The molecule has 4 heteroatoms. The Labute approximate surface area is 108 Å². The van der Waals surface area contributed by atoms with E-state index in [0.717, 1.165) is 21.1 Å². The highest BCUT2D eigenvalue weighted by Crippen LogP contribution is 2.28. The predicted octanol–water partition coefficient (Wildman–Crippen LogP) is 3.35. The van der Waals surface area contributed by atoms with Crippen LogP contribution in [0.25, 0.3) is 10.9 Å². The molecule has 2 rings (SSSR count). The van der Waals surface area contributed by atoms with E-state index in [-0.39, 0.29) is 12.2 Å². The van der Waals surface area contributed by atoms with Crippen LogP contribution in [0.1, 0.15) is 22.5 Å². The van der Waals surface area contributed by atoms with Crippen molar-refractivity contribution in [2.24, 2.45) is 7.05 Å². The molecule has 0 aliphatic heterocycles. The Morgan fingerprint density at radius 1 is 1.53 bits per heavy atom.